The Labute approximate surface area is 495 Å². The van der Waals surface area contributed by atoms with Gasteiger partial charge >= 0.3 is 17.9 Å². The van der Waals surface area contributed by atoms with Crippen LogP contribution in [0.1, 0.15) is 323 Å². The molecule has 1 unspecified atom stereocenters. The zero-order chi connectivity index (χ0) is 57.8. The third-order valence-corrected chi connectivity index (χ3v) is 14.5. The van der Waals surface area contributed by atoms with E-state index in [1.807, 2.05) is 0 Å². The van der Waals surface area contributed by atoms with Gasteiger partial charge in [-0.15, -0.1) is 0 Å². The van der Waals surface area contributed by atoms with E-state index in [0.717, 1.165) is 122 Å². The van der Waals surface area contributed by atoms with Crippen LogP contribution >= 0.6 is 0 Å². The maximum Gasteiger partial charge on any atom is 0.306 e. The summed E-state index contributed by atoms with van der Waals surface area (Å²) in [7, 11) is 0. The molecule has 0 aromatic carbocycles. The van der Waals surface area contributed by atoms with Crippen LogP contribution in [0.5, 0.6) is 0 Å². The lowest BCUT2D eigenvalue weighted by Crippen LogP contribution is -2.30. The van der Waals surface area contributed by atoms with Crippen LogP contribution in [0.4, 0.5) is 0 Å². The maximum atomic E-state index is 12.9. The first-order chi connectivity index (χ1) is 39.5. The van der Waals surface area contributed by atoms with Crippen LogP contribution in [0, 0.1) is 0 Å². The van der Waals surface area contributed by atoms with E-state index in [1.165, 1.54) is 161 Å². The van der Waals surface area contributed by atoms with Crippen molar-refractivity contribution in [2.45, 2.75) is 329 Å². The minimum atomic E-state index is -0.788. The number of unbranched alkanes of at least 4 members (excludes halogenated alkanes) is 32. The van der Waals surface area contributed by atoms with Crippen molar-refractivity contribution < 1.29 is 28.6 Å². The number of carbonyl (C=O) groups is 3. The molecule has 0 heterocycles. The number of carbonyl (C=O) groups excluding carboxylic acids is 3. The summed E-state index contributed by atoms with van der Waals surface area (Å²) in [6, 6.07) is 0. The van der Waals surface area contributed by atoms with E-state index in [9.17, 15) is 14.4 Å². The molecule has 0 fully saturated rings. The van der Waals surface area contributed by atoms with Crippen LogP contribution in [0.3, 0.4) is 0 Å². The van der Waals surface area contributed by atoms with E-state index in [0.29, 0.717) is 19.3 Å². The number of hydrogen-bond acceptors (Lipinski definition) is 6. The number of ether oxygens (including phenoxy) is 3. The molecule has 80 heavy (non-hydrogen) atoms. The van der Waals surface area contributed by atoms with Crippen molar-refractivity contribution in [3.8, 4) is 0 Å². The van der Waals surface area contributed by atoms with Gasteiger partial charge in [-0.25, -0.2) is 0 Å². The predicted octanol–water partition coefficient (Wildman–Crippen LogP) is 23.4. The molecule has 0 aliphatic rings. The van der Waals surface area contributed by atoms with Crippen molar-refractivity contribution in [2.24, 2.45) is 0 Å². The monoisotopic (exact) mass is 1110 g/mol. The predicted molar refractivity (Wildman–Crippen MR) is 348 cm³/mol. The van der Waals surface area contributed by atoms with Crippen LogP contribution in [-0.4, -0.2) is 37.2 Å². The Hall–Kier alpha value is -3.93. The SMILES string of the molecule is CC/C=C\C/C=C\C/C=C\C/C=C\C/C=C\C/C=C\C/C=C\CCCCCCCCCC(=O)OCC(COC(=O)CCCCCCC/C=C\CCC)OC(=O)CCCCCCCCCCCCC/C=C\CCCCCCCCCC. The molecule has 0 amide bonds. The molecular formula is C74H126O6. The number of rotatable bonds is 61. The van der Waals surface area contributed by atoms with Crippen LogP contribution in [0.15, 0.2) is 109 Å². The van der Waals surface area contributed by atoms with Gasteiger partial charge in [0.2, 0.25) is 0 Å². The third-order valence-electron chi connectivity index (χ3n) is 14.5. The second-order valence-corrected chi connectivity index (χ2v) is 22.3. The van der Waals surface area contributed by atoms with E-state index < -0.39 is 6.10 Å². The summed E-state index contributed by atoms with van der Waals surface area (Å²) in [5.41, 5.74) is 0. The fourth-order valence-electron chi connectivity index (χ4n) is 9.42. The Morgan fingerprint density at radius 3 is 0.825 bits per heavy atom. The smallest absolute Gasteiger partial charge is 0.306 e. The van der Waals surface area contributed by atoms with Gasteiger partial charge in [-0.05, 0) is 122 Å². The lowest BCUT2D eigenvalue weighted by Gasteiger charge is -2.18. The van der Waals surface area contributed by atoms with Gasteiger partial charge in [-0.3, -0.25) is 14.4 Å². The summed E-state index contributed by atoms with van der Waals surface area (Å²) in [4.78, 5) is 38.3. The minimum absolute atomic E-state index is 0.0857. The second-order valence-electron chi connectivity index (χ2n) is 22.3. The molecule has 0 radical (unpaired) electrons. The largest absolute Gasteiger partial charge is 0.462 e. The molecule has 458 valence electrons. The Balaban J connectivity index is 4.26. The van der Waals surface area contributed by atoms with Crippen molar-refractivity contribution in [3.63, 3.8) is 0 Å². The highest BCUT2D eigenvalue weighted by atomic mass is 16.6. The summed E-state index contributed by atoms with van der Waals surface area (Å²) in [5, 5.41) is 0. The van der Waals surface area contributed by atoms with E-state index in [-0.39, 0.29) is 31.1 Å². The van der Waals surface area contributed by atoms with Gasteiger partial charge in [0.25, 0.3) is 0 Å². The highest BCUT2D eigenvalue weighted by Gasteiger charge is 2.19. The summed E-state index contributed by atoms with van der Waals surface area (Å²) in [6.07, 6.45) is 92.6. The summed E-state index contributed by atoms with van der Waals surface area (Å²) in [6.45, 7) is 6.47. The molecule has 6 heteroatoms. The minimum Gasteiger partial charge on any atom is -0.462 e. The second kappa shape index (κ2) is 67.6. The Kier molecular flexibility index (Phi) is 64.3. The molecule has 0 bridgehead atoms. The first-order valence-electron chi connectivity index (χ1n) is 33.9. The average molecular weight is 1110 g/mol. The first-order valence-corrected chi connectivity index (χ1v) is 33.9. The van der Waals surface area contributed by atoms with Gasteiger partial charge in [0.05, 0.1) is 0 Å². The summed E-state index contributed by atoms with van der Waals surface area (Å²) >= 11 is 0. The molecule has 0 aromatic rings. The Bertz CT molecular complexity index is 1610. The van der Waals surface area contributed by atoms with Gasteiger partial charge < -0.3 is 14.2 Å². The third kappa shape index (κ3) is 64.9. The van der Waals surface area contributed by atoms with Gasteiger partial charge in [0, 0.05) is 19.3 Å². The van der Waals surface area contributed by atoms with Crippen LogP contribution < -0.4 is 0 Å². The van der Waals surface area contributed by atoms with Crippen molar-refractivity contribution >= 4 is 17.9 Å². The zero-order valence-corrected chi connectivity index (χ0v) is 52.6. The zero-order valence-electron chi connectivity index (χ0n) is 52.6. The Morgan fingerprint density at radius 2 is 0.512 bits per heavy atom. The van der Waals surface area contributed by atoms with Crippen LogP contribution in [0.2, 0.25) is 0 Å². The fraction of sp³-hybridized carbons (Fsp3) is 0.716. The molecule has 0 saturated heterocycles. The quantitative estimate of drug-likeness (QED) is 0.0261. The van der Waals surface area contributed by atoms with E-state index in [1.54, 1.807) is 0 Å². The first kappa shape index (κ1) is 76.1. The standard InChI is InChI=1S/C74H126O6/c1-4-7-10-13-16-19-22-24-26-28-30-32-34-35-36-37-38-39-41-42-44-46-48-50-52-55-58-61-64-67-73(76)79-70-71(69-78-72(75)66-63-60-57-54-21-18-15-12-9-6-3)80-74(77)68-65-62-59-56-53-51-49-47-45-43-40-33-31-29-27-25-23-20-17-14-11-8-5-2/h7,10,12,15-16,19,24,26,29-32,35-36,38-39,42,44,71H,4-6,8-9,11,13-14,17-18,20-23,25,27-28,33-34,37,40-41,43,45-70H2,1-3H3/b10-7-,15-12-,19-16-,26-24-,31-29-,32-30-,36-35-,39-38-,44-42-. The average Bonchev–Trinajstić information content (AvgIpc) is 3.46. The van der Waals surface area contributed by atoms with E-state index in [2.05, 4.69) is 130 Å². The van der Waals surface area contributed by atoms with Gasteiger partial charge in [-0.1, -0.05) is 291 Å². The van der Waals surface area contributed by atoms with E-state index in [4.69, 9.17) is 14.2 Å². The molecule has 6 nitrogen and oxygen atoms in total. The number of hydrogen-bond donors (Lipinski definition) is 0. The lowest BCUT2D eigenvalue weighted by molar-refractivity contribution is -0.167. The number of allylic oxidation sites excluding steroid dienone is 18. The highest BCUT2D eigenvalue weighted by molar-refractivity contribution is 5.71. The van der Waals surface area contributed by atoms with Gasteiger partial charge in [0.15, 0.2) is 6.10 Å². The molecule has 0 spiro atoms. The summed E-state index contributed by atoms with van der Waals surface area (Å²) < 4.78 is 16.9. The van der Waals surface area contributed by atoms with Crippen molar-refractivity contribution in [1.29, 1.82) is 0 Å². The number of esters is 3. The fourth-order valence-corrected chi connectivity index (χ4v) is 9.42. The van der Waals surface area contributed by atoms with E-state index >= 15 is 0 Å². The topological polar surface area (TPSA) is 78.9 Å². The molecule has 0 N–H and O–H groups in total. The van der Waals surface area contributed by atoms with Crippen molar-refractivity contribution in [1.82, 2.24) is 0 Å². The van der Waals surface area contributed by atoms with Crippen LogP contribution in [0.25, 0.3) is 0 Å². The molecule has 0 rings (SSSR count). The van der Waals surface area contributed by atoms with Gasteiger partial charge in [0.1, 0.15) is 13.2 Å². The molecule has 0 aromatic heterocycles. The lowest BCUT2D eigenvalue weighted by atomic mass is 10.0. The highest BCUT2D eigenvalue weighted by Crippen LogP contribution is 2.16. The molecular weight excluding hydrogens is 985 g/mol. The van der Waals surface area contributed by atoms with Crippen LogP contribution in [-0.2, 0) is 28.6 Å². The van der Waals surface area contributed by atoms with Crippen molar-refractivity contribution in [3.05, 3.63) is 109 Å². The maximum absolute atomic E-state index is 12.9. The normalized spacial score (nSPS) is 12.8. The van der Waals surface area contributed by atoms with Crippen molar-refractivity contribution in [2.75, 3.05) is 13.2 Å². The molecule has 1 atom stereocenters. The summed E-state index contributed by atoms with van der Waals surface area (Å²) in [5.74, 6) is -0.899. The molecule has 0 saturated carbocycles. The molecule has 0 aliphatic carbocycles. The Morgan fingerprint density at radius 1 is 0.263 bits per heavy atom. The van der Waals surface area contributed by atoms with Gasteiger partial charge in [-0.2, -0.15) is 0 Å². The molecule has 0 aliphatic heterocycles.